The molecule has 0 unspecified atom stereocenters. The number of rotatable bonds is 5. The van der Waals surface area contributed by atoms with E-state index in [4.69, 9.17) is 16.3 Å². The van der Waals surface area contributed by atoms with Crippen LogP contribution in [0.1, 0.15) is 10.4 Å². The quantitative estimate of drug-likeness (QED) is 0.873. The predicted octanol–water partition coefficient (Wildman–Crippen LogP) is 3.10. The molecule has 126 valence electrons. The SMILES string of the molecule is COc1ccc(F)cc1-c1ccc(C(=O)NCC2CNC2)c(Cl)c1. The van der Waals surface area contributed by atoms with Crippen LogP contribution in [-0.2, 0) is 0 Å². The molecule has 0 atom stereocenters. The molecule has 1 aliphatic heterocycles. The Labute approximate surface area is 145 Å². The zero-order valence-corrected chi connectivity index (χ0v) is 14.0. The summed E-state index contributed by atoms with van der Waals surface area (Å²) in [6.45, 7) is 2.47. The molecular formula is C18H18ClFN2O2. The Balaban J connectivity index is 1.81. The summed E-state index contributed by atoms with van der Waals surface area (Å²) in [5, 5.41) is 6.36. The Morgan fingerprint density at radius 3 is 2.75 bits per heavy atom. The largest absolute Gasteiger partial charge is 0.496 e. The summed E-state index contributed by atoms with van der Waals surface area (Å²) in [6, 6.07) is 9.32. The van der Waals surface area contributed by atoms with Crippen LogP contribution in [0.5, 0.6) is 5.75 Å². The van der Waals surface area contributed by atoms with Crippen molar-refractivity contribution in [2.45, 2.75) is 0 Å². The van der Waals surface area contributed by atoms with Gasteiger partial charge >= 0.3 is 0 Å². The van der Waals surface area contributed by atoms with E-state index >= 15 is 0 Å². The number of carbonyl (C=O) groups is 1. The predicted molar refractivity (Wildman–Crippen MR) is 92.1 cm³/mol. The highest BCUT2D eigenvalue weighted by molar-refractivity contribution is 6.34. The number of amides is 1. The van der Waals surface area contributed by atoms with Crippen LogP contribution in [0.15, 0.2) is 36.4 Å². The molecule has 0 aliphatic carbocycles. The molecule has 1 heterocycles. The maximum atomic E-state index is 13.5. The minimum Gasteiger partial charge on any atom is -0.496 e. The van der Waals surface area contributed by atoms with Crippen molar-refractivity contribution in [2.24, 2.45) is 5.92 Å². The van der Waals surface area contributed by atoms with Crippen LogP contribution < -0.4 is 15.4 Å². The van der Waals surface area contributed by atoms with Crippen LogP contribution in [0.4, 0.5) is 4.39 Å². The molecule has 3 rings (SSSR count). The number of nitrogens with one attached hydrogen (secondary N) is 2. The van der Waals surface area contributed by atoms with Gasteiger partial charge in [-0.05, 0) is 35.9 Å². The van der Waals surface area contributed by atoms with Crippen LogP contribution in [-0.4, -0.2) is 32.7 Å². The zero-order chi connectivity index (χ0) is 17.1. The molecule has 24 heavy (non-hydrogen) atoms. The Hall–Kier alpha value is -2.11. The summed E-state index contributed by atoms with van der Waals surface area (Å²) in [4.78, 5) is 12.2. The molecule has 0 aromatic heterocycles. The van der Waals surface area contributed by atoms with Gasteiger partial charge in [0.05, 0.1) is 17.7 Å². The van der Waals surface area contributed by atoms with Crippen LogP contribution in [0.3, 0.4) is 0 Å². The molecule has 6 heteroatoms. The third-order valence-corrected chi connectivity index (χ3v) is 4.42. The molecule has 1 saturated heterocycles. The van der Waals surface area contributed by atoms with E-state index < -0.39 is 0 Å². The van der Waals surface area contributed by atoms with Gasteiger partial charge in [-0.1, -0.05) is 17.7 Å². The highest BCUT2D eigenvalue weighted by Gasteiger charge is 2.19. The van der Waals surface area contributed by atoms with E-state index in [1.165, 1.54) is 19.2 Å². The van der Waals surface area contributed by atoms with Crippen molar-refractivity contribution in [1.29, 1.82) is 0 Å². The van der Waals surface area contributed by atoms with E-state index in [0.717, 1.165) is 13.1 Å². The lowest BCUT2D eigenvalue weighted by molar-refractivity contribution is 0.0942. The molecule has 0 saturated carbocycles. The summed E-state index contributed by atoms with van der Waals surface area (Å²) in [5.41, 5.74) is 1.69. The average Bonchev–Trinajstić information content (AvgIpc) is 2.53. The second kappa shape index (κ2) is 7.20. The molecular weight excluding hydrogens is 331 g/mol. The van der Waals surface area contributed by atoms with Gasteiger partial charge in [-0.2, -0.15) is 0 Å². The van der Waals surface area contributed by atoms with Crippen LogP contribution in [0.25, 0.3) is 11.1 Å². The van der Waals surface area contributed by atoms with Gasteiger partial charge < -0.3 is 15.4 Å². The fourth-order valence-electron chi connectivity index (χ4n) is 2.60. The smallest absolute Gasteiger partial charge is 0.252 e. The van der Waals surface area contributed by atoms with Gasteiger partial charge in [0.2, 0.25) is 0 Å². The number of ether oxygens (including phenoxy) is 1. The van der Waals surface area contributed by atoms with Crippen LogP contribution in [0.2, 0.25) is 5.02 Å². The van der Waals surface area contributed by atoms with Crippen LogP contribution in [0, 0.1) is 11.7 Å². The summed E-state index contributed by atoms with van der Waals surface area (Å²) < 4.78 is 18.8. The molecule has 0 spiro atoms. The van der Waals surface area contributed by atoms with Crippen molar-refractivity contribution in [1.82, 2.24) is 10.6 Å². The first-order chi connectivity index (χ1) is 11.6. The third-order valence-electron chi connectivity index (χ3n) is 4.10. The highest BCUT2D eigenvalue weighted by atomic mass is 35.5. The van der Waals surface area contributed by atoms with Gasteiger partial charge in [0.1, 0.15) is 11.6 Å². The van der Waals surface area contributed by atoms with Crippen LogP contribution >= 0.6 is 11.6 Å². The van der Waals surface area contributed by atoms with Crippen molar-refractivity contribution in [3.05, 3.63) is 52.8 Å². The number of benzene rings is 2. The maximum Gasteiger partial charge on any atom is 0.252 e. The lowest BCUT2D eigenvalue weighted by Gasteiger charge is -2.27. The molecule has 4 nitrogen and oxygen atoms in total. The summed E-state index contributed by atoms with van der Waals surface area (Å²) in [6.07, 6.45) is 0. The fourth-order valence-corrected chi connectivity index (χ4v) is 2.86. The van der Waals surface area contributed by atoms with Crippen molar-refractivity contribution in [2.75, 3.05) is 26.7 Å². The monoisotopic (exact) mass is 348 g/mol. The standard InChI is InChI=1S/C18H18ClFN2O2/c1-24-17-5-3-13(20)7-15(17)12-2-4-14(16(19)6-12)18(23)22-10-11-8-21-9-11/h2-7,11,21H,8-10H2,1H3,(H,22,23). The van der Waals surface area contributed by atoms with E-state index in [-0.39, 0.29) is 11.7 Å². The molecule has 2 aromatic carbocycles. The summed E-state index contributed by atoms with van der Waals surface area (Å²) in [5.74, 6) is 0.452. The van der Waals surface area contributed by atoms with E-state index in [0.29, 0.717) is 39.9 Å². The van der Waals surface area contributed by atoms with E-state index in [1.807, 2.05) is 0 Å². The molecule has 0 bridgehead atoms. The van der Waals surface area contributed by atoms with Gasteiger partial charge in [-0.15, -0.1) is 0 Å². The molecule has 2 aromatic rings. The van der Waals surface area contributed by atoms with Crippen molar-refractivity contribution in [3.8, 4) is 16.9 Å². The third kappa shape index (κ3) is 3.52. The maximum absolute atomic E-state index is 13.5. The molecule has 1 fully saturated rings. The first kappa shape index (κ1) is 16.7. The minimum absolute atomic E-state index is 0.204. The van der Waals surface area contributed by atoms with E-state index in [9.17, 15) is 9.18 Å². The van der Waals surface area contributed by atoms with Crippen molar-refractivity contribution in [3.63, 3.8) is 0 Å². The molecule has 0 radical (unpaired) electrons. The normalized spacial score (nSPS) is 14.1. The number of halogens is 2. The lowest BCUT2D eigenvalue weighted by atomic mass is 10.0. The number of methoxy groups -OCH3 is 1. The second-order valence-corrected chi connectivity index (χ2v) is 6.18. The Morgan fingerprint density at radius 1 is 1.33 bits per heavy atom. The van der Waals surface area contributed by atoms with Crippen molar-refractivity contribution >= 4 is 17.5 Å². The van der Waals surface area contributed by atoms with Gasteiger partial charge in [-0.25, -0.2) is 4.39 Å². The first-order valence-electron chi connectivity index (χ1n) is 7.71. The molecule has 2 N–H and O–H groups in total. The second-order valence-electron chi connectivity index (χ2n) is 5.77. The fraction of sp³-hybridized carbons (Fsp3) is 0.278. The summed E-state index contributed by atoms with van der Waals surface area (Å²) in [7, 11) is 1.52. The van der Waals surface area contributed by atoms with E-state index in [1.54, 1.807) is 24.3 Å². The average molecular weight is 349 g/mol. The van der Waals surface area contributed by atoms with E-state index in [2.05, 4.69) is 10.6 Å². The van der Waals surface area contributed by atoms with Crippen molar-refractivity contribution < 1.29 is 13.9 Å². The number of hydrogen-bond acceptors (Lipinski definition) is 3. The highest BCUT2D eigenvalue weighted by Crippen LogP contribution is 2.33. The number of hydrogen-bond donors (Lipinski definition) is 2. The minimum atomic E-state index is -0.363. The Morgan fingerprint density at radius 2 is 2.12 bits per heavy atom. The van der Waals surface area contributed by atoms with Gasteiger partial charge in [0.25, 0.3) is 5.91 Å². The molecule has 1 amide bonds. The van der Waals surface area contributed by atoms with Gasteiger partial charge in [0.15, 0.2) is 0 Å². The molecule has 1 aliphatic rings. The lowest BCUT2D eigenvalue weighted by Crippen LogP contribution is -2.48. The Bertz CT molecular complexity index is 763. The Kier molecular flexibility index (Phi) is 5.02. The zero-order valence-electron chi connectivity index (χ0n) is 13.2. The van der Waals surface area contributed by atoms with Gasteiger partial charge in [-0.3, -0.25) is 4.79 Å². The first-order valence-corrected chi connectivity index (χ1v) is 8.08. The van der Waals surface area contributed by atoms with Gasteiger partial charge in [0, 0.05) is 31.1 Å². The number of carbonyl (C=O) groups excluding carboxylic acids is 1. The topological polar surface area (TPSA) is 50.4 Å². The summed E-state index contributed by atoms with van der Waals surface area (Å²) >= 11 is 6.26.